The number of hydrogen-bond acceptors (Lipinski definition) is 5. The van der Waals surface area contributed by atoms with Gasteiger partial charge in [-0.2, -0.15) is 0 Å². The summed E-state index contributed by atoms with van der Waals surface area (Å²) in [5, 5.41) is 12.9. The lowest BCUT2D eigenvalue weighted by atomic mass is 9.96. The van der Waals surface area contributed by atoms with Crippen molar-refractivity contribution in [2.24, 2.45) is 4.99 Å². The van der Waals surface area contributed by atoms with Crippen LogP contribution in [0.3, 0.4) is 0 Å². The number of hydrogen-bond donors (Lipinski definition) is 1. The van der Waals surface area contributed by atoms with Crippen LogP contribution in [0, 0.1) is 6.92 Å². The highest BCUT2D eigenvalue weighted by atomic mass is 35.5. The predicted octanol–water partition coefficient (Wildman–Crippen LogP) is 5.67. The van der Waals surface area contributed by atoms with E-state index in [4.69, 9.17) is 9.73 Å². The topological polar surface area (TPSA) is 50.0 Å². The van der Waals surface area contributed by atoms with Crippen LogP contribution in [0.15, 0.2) is 29.3 Å². The maximum atomic E-state index is 10.9. The molecule has 0 amide bonds. The molecule has 5 nitrogen and oxygen atoms in total. The highest BCUT2D eigenvalue weighted by molar-refractivity contribution is 7.16. The van der Waals surface area contributed by atoms with Gasteiger partial charge in [-0.1, -0.05) is 54.9 Å². The number of phenolic OH excluding ortho intramolecular Hbond substituents is 1. The number of benzene rings is 2. The molecule has 2 aromatic carbocycles. The molecule has 0 radical (unpaired) electrons. The Morgan fingerprint density at radius 1 is 1.03 bits per heavy atom. The van der Waals surface area contributed by atoms with Gasteiger partial charge in [-0.3, -0.25) is 9.89 Å². The van der Waals surface area contributed by atoms with E-state index in [1.54, 1.807) is 11.3 Å². The number of nitrogens with zero attached hydrogens (tertiary/aromatic N) is 3. The fourth-order valence-corrected chi connectivity index (χ4v) is 6.33. The summed E-state index contributed by atoms with van der Waals surface area (Å²) >= 11 is 1.76. The second-order valence-corrected chi connectivity index (χ2v) is 9.94. The standard InChI is InChI=1S/C25H33N3O2S.2ClH/c1-18-23(29)21-11-6-5-10-20(21)22-24(18)31-25(26-19-8-3-2-4-9-19)28(22)13-7-12-27-14-16-30-17-15-27;;/h5-6,10-11,19,29H,2-4,7-9,12-17H2,1H3;2*1H. The highest BCUT2D eigenvalue weighted by Crippen LogP contribution is 2.38. The third-order valence-electron chi connectivity index (χ3n) is 6.87. The number of fused-ring (bicyclic) bond motifs is 3. The highest BCUT2D eigenvalue weighted by Gasteiger charge is 2.19. The van der Waals surface area contributed by atoms with Crippen LogP contribution in [0.4, 0.5) is 0 Å². The van der Waals surface area contributed by atoms with E-state index in [1.165, 1.54) is 42.3 Å². The maximum Gasteiger partial charge on any atom is 0.186 e. The maximum absolute atomic E-state index is 10.9. The minimum Gasteiger partial charge on any atom is -0.507 e. The van der Waals surface area contributed by atoms with E-state index in [-0.39, 0.29) is 24.8 Å². The fraction of sp³-hybridized carbons (Fsp3) is 0.560. The molecule has 0 atom stereocenters. The van der Waals surface area contributed by atoms with Crippen molar-refractivity contribution in [3.8, 4) is 5.75 Å². The van der Waals surface area contributed by atoms with Crippen LogP contribution in [0.2, 0.25) is 0 Å². The Hall–Kier alpha value is -1.31. The minimum atomic E-state index is 0. The van der Waals surface area contributed by atoms with E-state index in [1.807, 2.05) is 19.1 Å². The second-order valence-electron chi connectivity index (χ2n) is 8.96. The van der Waals surface area contributed by atoms with Gasteiger partial charge in [0.05, 0.1) is 29.5 Å². The molecule has 1 saturated heterocycles. The predicted molar refractivity (Wildman–Crippen MR) is 143 cm³/mol. The average molecular weight is 513 g/mol. The van der Waals surface area contributed by atoms with Gasteiger partial charge < -0.3 is 14.4 Å². The number of aryl methyl sites for hydroxylation is 2. The average Bonchev–Trinajstić information content (AvgIpc) is 3.17. The van der Waals surface area contributed by atoms with E-state index in [0.717, 1.165) is 67.0 Å². The molecule has 0 unspecified atom stereocenters. The van der Waals surface area contributed by atoms with Crippen molar-refractivity contribution in [3.63, 3.8) is 0 Å². The van der Waals surface area contributed by atoms with Gasteiger partial charge in [-0.25, -0.2) is 0 Å². The summed E-state index contributed by atoms with van der Waals surface area (Å²) < 4.78 is 9.13. The lowest BCUT2D eigenvalue weighted by Gasteiger charge is -2.26. The number of aromatic nitrogens is 1. The van der Waals surface area contributed by atoms with Crippen LogP contribution >= 0.6 is 36.2 Å². The summed E-state index contributed by atoms with van der Waals surface area (Å²) in [5.41, 5.74) is 2.22. The molecule has 2 fully saturated rings. The molecule has 5 rings (SSSR count). The Balaban J connectivity index is 0.00000153. The van der Waals surface area contributed by atoms with Gasteiger partial charge in [0.2, 0.25) is 0 Å². The van der Waals surface area contributed by atoms with E-state index < -0.39 is 0 Å². The summed E-state index contributed by atoms with van der Waals surface area (Å²) in [6.45, 7) is 7.85. The van der Waals surface area contributed by atoms with Gasteiger partial charge in [0.1, 0.15) is 5.75 Å². The lowest BCUT2D eigenvalue weighted by molar-refractivity contribution is 0.0369. The zero-order chi connectivity index (χ0) is 21.2. The van der Waals surface area contributed by atoms with Gasteiger partial charge in [-0.05, 0) is 26.2 Å². The number of rotatable bonds is 5. The first-order chi connectivity index (χ1) is 15.2. The van der Waals surface area contributed by atoms with Crippen molar-refractivity contribution < 1.29 is 9.84 Å². The fourth-order valence-electron chi connectivity index (χ4n) is 5.09. The third kappa shape index (κ3) is 5.51. The van der Waals surface area contributed by atoms with Crippen LogP contribution in [0.1, 0.15) is 44.1 Å². The van der Waals surface area contributed by atoms with Crippen LogP contribution in [-0.2, 0) is 11.3 Å². The first-order valence-electron chi connectivity index (χ1n) is 11.8. The van der Waals surface area contributed by atoms with Gasteiger partial charge in [0.25, 0.3) is 0 Å². The molecular weight excluding hydrogens is 477 g/mol. The summed E-state index contributed by atoms with van der Waals surface area (Å²) in [5.74, 6) is 0.411. The number of halogens is 2. The Labute approximate surface area is 212 Å². The van der Waals surface area contributed by atoms with Gasteiger partial charge in [0.15, 0.2) is 4.80 Å². The largest absolute Gasteiger partial charge is 0.507 e. The zero-order valence-electron chi connectivity index (χ0n) is 19.3. The quantitative estimate of drug-likeness (QED) is 0.479. The van der Waals surface area contributed by atoms with Gasteiger partial charge in [0, 0.05) is 42.5 Å². The number of phenols is 1. The molecule has 0 spiro atoms. The smallest absolute Gasteiger partial charge is 0.186 e. The molecular formula is C25H35Cl2N3O2S. The Kier molecular flexibility index (Phi) is 9.48. The molecule has 1 aromatic heterocycles. The number of morpholine rings is 1. The monoisotopic (exact) mass is 511 g/mol. The van der Waals surface area contributed by atoms with Crippen LogP contribution in [-0.4, -0.2) is 53.5 Å². The van der Waals surface area contributed by atoms with E-state index in [9.17, 15) is 5.11 Å². The molecule has 0 bridgehead atoms. The molecule has 1 aliphatic heterocycles. The van der Waals surface area contributed by atoms with E-state index in [0.29, 0.717) is 11.8 Å². The van der Waals surface area contributed by atoms with Gasteiger partial charge in [-0.15, -0.1) is 24.8 Å². The van der Waals surface area contributed by atoms with Crippen LogP contribution in [0.5, 0.6) is 5.75 Å². The molecule has 3 aromatic rings. The molecule has 1 saturated carbocycles. The minimum absolute atomic E-state index is 0. The van der Waals surface area contributed by atoms with E-state index >= 15 is 0 Å². The first-order valence-corrected chi connectivity index (χ1v) is 12.6. The number of ether oxygens (including phenoxy) is 1. The number of thiazole rings is 1. The Bertz CT molecular complexity index is 1130. The van der Waals surface area contributed by atoms with Crippen molar-refractivity contribution in [1.82, 2.24) is 9.47 Å². The molecule has 1 aliphatic carbocycles. The number of aromatic hydroxyl groups is 1. The Morgan fingerprint density at radius 2 is 1.73 bits per heavy atom. The summed E-state index contributed by atoms with van der Waals surface area (Å²) in [6, 6.07) is 8.70. The zero-order valence-corrected chi connectivity index (χ0v) is 21.7. The normalized spacial score (nSPS) is 18.4. The molecule has 2 heterocycles. The van der Waals surface area contributed by atoms with Crippen molar-refractivity contribution in [3.05, 3.63) is 34.6 Å². The van der Waals surface area contributed by atoms with Gasteiger partial charge >= 0.3 is 0 Å². The molecule has 182 valence electrons. The Morgan fingerprint density at radius 3 is 2.45 bits per heavy atom. The molecule has 33 heavy (non-hydrogen) atoms. The lowest BCUT2D eigenvalue weighted by Crippen LogP contribution is -2.37. The molecule has 8 heteroatoms. The molecule has 2 aliphatic rings. The SMILES string of the molecule is Cc1c(O)c2ccccc2c2c1sc(=NC1CCCCC1)n2CCCN1CCOCC1.Cl.Cl. The third-order valence-corrected chi connectivity index (χ3v) is 8.08. The summed E-state index contributed by atoms with van der Waals surface area (Å²) in [7, 11) is 0. The first kappa shape index (κ1) is 26.3. The van der Waals surface area contributed by atoms with Crippen molar-refractivity contribution in [2.75, 3.05) is 32.8 Å². The second kappa shape index (κ2) is 11.9. The van der Waals surface area contributed by atoms with Crippen molar-refractivity contribution in [1.29, 1.82) is 0 Å². The molecule has 1 N–H and O–H groups in total. The van der Waals surface area contributed by atoms with E-state index in [2.05, 4.69) is 21.6 Å². The summed E-state index contributed by atoms with van der Waals surface area (Å²) in [4.78, 5) is 8.90. The van der Waals surface area contributed by atoms with Crippen molar-refractivity contribution >= 4 is 57.1 Å². The van der Waals surface area contributed by atoms with Crippen molar-refractivity contribution in [2.45, 2.75) is 58.0 Å². The summed E-state index contributed by atoms with van der Waals surface area (Å²) in [6.07, 6.45) is 7.42. The van der Waals surface area contributed by atoms with Crippen LogP contribution < -0.4 is 4.80 Å². The van der Waals surface area contributed by atoms with Crippen LogP contribution in [0.25, 0.3) is 21.0 Å².